The van der Waals surface area contributed by atoms with Crippen LogP contribution in [0.4, 0.5) is 0 Å². The molecular weight excluding hydrogens is 507 g/mol. The van der Waals surface area contributed by atoms with E-state index in [9.17, 15) is 13.7 Å². The van der Waals surface area contributed by atoms with Crippen molar-refractivity contribution in [2.24, 2.45) is 0 Å². The van der Waals surface area contributed by atoms with Gasteiger partial charge in [-0.3, -0.25) is 18.6 Å². The molecule has 0 saturated carbocycles. The van der Waals surface area contributed by atoms with Crippen LogP contribution in [0.25, 0.3) is 0 Å². The minimum absolute atomic E-state index is 0.0707. The summed E-state index contributed by atoms with van der Waals surface area (Å²) in [4.78, 5) is 1.91. The SMILES string of the molecule is CCOP(=O)(CNCCN(CCNCP(=O)(OCC)OCC)CP(=O)(OCC)OCC)OCC. The molecule has 0 atom stereocenters. The average molecular weight is 554 g/mol. The van der Waals surface area contributed by atoms with Crippen molar-refractivity contribution in [1.29, 1.82) is 0 Å². The van der Waals surface area contributed by atoms with Crippen LogP contribution in [0.5, 0.6) is 0 Å². The Kier molecular flexibility index (Phi) is 19.6. The van der Waals surface area contributed by atoms with Gasteiger partial charge < -0.3 is 37.8 Å². The highest BCUT2D eigenvalue weighted by atomic mass is 31.2. The van der Waals surface area contributed by atoms with E-state index in [0.717, 1.165) is 0 Å². The molecule has 0 amide bonds. The smallest absolute Gasteiger partial charge is 0.308 e. The third kappa shape index (κ3) is 15.4. The Morgan fingerprint density at radius 3 is 1.12 bits per heavy atom. The second-order valence-electron chi connectivity index (χ2n) is 6.92. The molecule has 2 N–H and O–H groups in total. The zero-order chi connectivity index (χ0) is 25.9. The fourth-order valence-electron chi connectivity index (χ4n) is 2.96. The van der Waals surface area contributed by atoms with Crippen molar-refractivity contribution in [2.45, 2.75) is 41.5 Å². The number of hydrogen-bond donors (Lipinski definition) is 2. The molecule has 0 aromatic rings. The third-order valence-electron chi connectivity index (χ3n) is 4.15. The van der Waals surface area contributed by atoms with Crippen LogP contribution in [0.2, 0.25) is 0 Å². The van der Waals surface area contributed by atoms with Crippen molar-refractivity contribution in [1.82, 2.24) is 15.5 Å². The van der Waals surface area contributed by atoms with Crippen molar-refractivity contribution in [3.05, 3.63) is 0 Å². The van der Waals surface area contributed by atoms with Crippen LogP contribution in [0, 0.1) is 0 Å². The predicted octanol–water partition coefficient (Wildman–Crippen LogP) is 4.14. The molecule has 12 nitrogen and oxygen atoms in total. The van der Waals surface area contributed by atoms with E-state index in [2.05, 4.69) is 10.6 Å². The molecule has 0 aliphatic heterocycles. The molecule has 34 heavy (non-hydrogen) atoms. The lowest BCUT2D eigenvalue weighted by atomic mass is 10.5. The fraction of sp³-hybridized carbons (Fsp3) is 1.00. The van der Waals surface area contributed by atoms with E-state index in [-0.39, 0.29) is 58.5 Å². The molecule has 0 radical (unpaired) electrons. The zero-order valence-corrected chi connectivity index (χ0v) is 24.3. The van der Waals surface area contributed by atoms with Crippen LogP contribution in [0.3, 0.4) is 0 Å². The fourth-order valence-corrected chi connectivity index (χ4v) is 7.71. The van der Waals surface area contributed by atoms with Gasteiger partial charge in [-0.1, -0.05) is 0 Å². The second kappa shape index (κ2) is 19.4. The van der Waals surface area contributed by atoms with Gasteiger partial charge in [0, 0.05) is 26.2 Å². The third-order valence-corrected chi connectivity index (χ3v) is 10.0. The minimum Gasteiger partial charge on any atom is -0.308 e. The van der Waals surface area contributed by atoms with Crippen LogP contribution in [-0.2, 0) is 40.8 Å². The Morgan fingerprint density at radius 1 is 0.529 bits per heavy atom. The Balaban J connectivity index is 5.00. The van der Waals surface area contributed by atoms with Crippen molar-refractivity contribution in [2.75, 3.05) is 84.7 Å². The van der Waals surface area contributed by atoms with E-state index in [0.29, 0.717) is 26.2 Å². The number of hydrogen-bond acceptors (Lipinski definition) is 12. The molecular formula is C19H46N3O9P3. The molecule has 0 heterocycles. The first-order valence-corrected chi connectivity index (χ1v) is 17.1. The molecule has 0 fully saturated rings. The first-order valence-electron chi connectivity index (χ1n) is 11.9. The van der Waals surface area contributed by atoms with Crippen LogP contribution < -0.4 is 10.6 Å². The summed E-state index contributed by atoms with van der Waals surface area (Å²) in [7, 11) is -9.73. The standard InChI is InChI=1S/C19H46N3O9P3/c1-7-26-32(23,27-8-2)17-20-13-15-22(19-34(25,30-11-5)31-12-6)16-14-21-18-33(24,28-9-3)29-10-4/h20-21H,7-19H2,1-6H3. The van der Waals surface area contributed by atoms with Crippen molar-refractivity contribution >= 4 is 22.8 Å². The summed E-state index contributed by atoms with van der Waals surface area (Å²) in [5.41, 5.74) is 0. The summed E-state index contributed by atoms with van der Waals surface area (Å²) < 4.78 is 70.3. The van der Waals surface area contributed by atoms with E-state index in [4.69, 9.17) is 27.1 Å². The maximum Gasteiger partial charge on any atom is 0.344 e. The average Bonchev–Trinajstić information content (AvgIpc) is 2.75. The van der Waals surface area contributed by atoms with Gasteiger partial charge in [0.05, 0.1) is 52.2 Å². The summed E-state index contributed by atoms with van der Waals surface area (Å²) in [5.74, 6) is 0. The molecule has 0 bridgehead atoms. The van der Waals surface area contributed by atoms with Crippen LogP contribution in [-0.4, -0.2) is 89.6 Å². The van der Waals surface area contributed by atoms with Gasteiger partial charge in [0.15, 0.2) is 0 Å². The lowest BCUT2D eigenvalue weighted by Gasteiger charge is -2.27. The first-order chi connectivity index (χ1) is 16.1. The van der Waals surface area contributed by atoms with Gasteiger partial charge in [0.1, 0.15) is 6.29 Å². The van der Waals surface area contributed by atoms with Crippen LogP contribution in [0.15, 0.2) is 0 Å². The second-order valence-corrected chi connectivity index (χ2v) is 13.0. The monoisotopic (exact) mass is 553 g/mol. The lowest BCUT2D eigenvalue weighted by Crippen LogP contribution is -2.38. The highest BCUT2D eigenvalue weighted by Gasteiger charge is 2.28. The molecule has 206 valence electrons. The number of rotatable bonds is 24. The zero-order valence-electron chi connectivity index (χ0n) is 21.7. The summed E-state index contributed by atoms with van der Waals surface area (Å²) >= 11 is 0. The van der Waals surface area contributed by atoms with Gasteiger partial charge in [-0.15, -0.1) is 0 Å². The molecule has 0 aromatic carbocycles. The van der Waals surface area contributed by atoms with Crippen molar-refractivity contribution < 1.29 is 40.8 Å². The highest BCUT2D eigenvalue weighted by Crippen LogP contribution is 2.49. The van der Waals surface area contributed by atoms with Crippen LogP contribution >= 0.6 is 22.8 Å². The molecule has 0 saturated heterocycles. The van der Waals surface area contributed by atoms with E-state index < -0.39 is 22.8 Å². The van der Waals surface area contributed by atoms with Gasteiger partial charge in [0.2, 0.25) is 0 Å². The van der Waals surface area contributed by atoms with E-state index >= 15 is 0 Å². The largest absolute Gasteiger partial charge is 0.344 e. The number of nitrogens with zero attached hydrogens (tertiary/aromatic N) is 1. The van der Waals surface area contributed by atoms with Gasteiger partial charge in [-0.2, -0.15) is 0 Å². The molecule has 0 unspecified atom stereocenters. The summed E-state index contributed by atoms with van der Waals surface area (Å²) in [5, 5.41) is 6.19. The van der Waals surface area contributed by atoms with Gasteiger partial charge in [-0.25, -0.2) is 0 Å². The summed E-state index contributed by atoms with van der Waals surface area (Å²) in [6.07, 6.45) is 0.226. The Bertz CT molecular complexity index is 590. The molecule has 0 aliphatic carbocycles. The Labute approximate surface area is 205 Å². The highest BCUT2D eigenvalue weighted by molar-refractivity contribution is 7.54. The minimum atomic E-state index is -3.32. The Hall–Kier alpha value is 0.330. The van der Waals surface area contributed by atoms with E-state index in [1.807, 2.05) is 4.90 Å². The van der Waals surface area contributed by atoms with Gasteiger partial charge in [0.25, 0.3) is 0 Å². The normalized spacial score (nSPS) is 13.1. The molecule has 0 spiro atoms. The van der Waals surface area contributed by atoms with E-state index in [1.165, 1.54) is 0 Å². The summed E-state index contributed by atoms with van der Waals surface area (Å²) in [6, 6.07) is 0. The first kappa shape index (κ1) is 34.3. The quantitative estimate of drug-likeness (QED) is 0.131. The molecule has 0 rings (SSSR count). The topological polar surface area (TPSA) is 134 Å². The van der Waals surface area contributed by atoms with Gasteiger partial charge in [-0.05, 0) is 41.5 Å². The predicted molar refractivity (Wildman–Crippen MR) is 135 cm³/mol. The van der Waals surface area contributed by atoms with E-state index in [1.54, 1.807) is 41.5 Å². The number of nitrogens with one attached hydrogen (secondary N) is 2. The lowest BCUT2D eigenvalue weighted by molar-refractivity contribution is 0.194. The molecule has 0 aliphatic rings. The van der Waals surface area contributed by atoms with Crippen molar-refractivity contribution in [3.63, 3.8) is 0 Å². The van der Waals surface area contributed by atoms with Crippen LogP contribution in [0.1, 0.15) is 41.5 Å². The van der Waals surface area contributed by atoms with Gasteiger partial charge >= 0.3 is 22.8 Å². The molecule has 0 aromatic heterocycles. The maximum absolute atomic E-state index is 13.1. The van der Waals surface area contributed by atoms with Crippen molar-refractivity contribution in [3.8, 4) is 0 Å². The summed E-state index contributed by atoms with van der Waals surface area (Å²) in [6.45, 7) is 14.1. The Morgan fingerprint density at radius 2 is 0.824 bits per heavy atom. The maximum atomic E-state index is 13.1. The molecule has 15 heteroatoms.